The molecule has 3 nitrogen and oxygen atoms in total. The molecule has 0 saturated carbocycles. The van der Waals surface area contributed by atoms with Crippen LogP contribution >= 0.6 is 22.9 Å². The summed E-state index contributed by atoms with van der Waals surface area (Å²) in [5, 5.41) is 1.55. The topological polar surface area (TPSA) is 43.8 Å². The van der Waals surface area contributed by atoms with Gasteiger partial charge in [-0.1, -0.05) is 24.6 Å². The zero-order valence-corrected chi connectivity index (χ0v) is 13.1. The predicted molar refractivity (Wildman–Crippen MR) is 87.5 cm³/mol. The Morgan fingerprint density at radius 2 is 2.20 bits per heavy atom. The van der Waals surface area contributed by atoms with E-state index in [0.29, 0.717) is 0 Å². The Bertz CT molecular complexity index is 773. The lowest BCUT2D eigenvalue weighted by Crippen LogP contribution is -2.00. The fourth-order valence-corrected chi connectivity index (χ4v) is 3.55. The second kappa shape index (κ2) is 5.11. The standard InChI is InChI=1S/C15H16ClN3S/c1-3-7-19-13-11(16)5-4-6-12(13)18-15(19)10-8-9(2)20-14(10)17/h4-6,8H,3,7,17H2,1-2H3. The number of aromatic nitrogens is 2. The molecule has 0 fully saturated rings. The number of benzene rings is 1. The van der Waals surface area contributed by atoms with Crippen LogP contribution in [0.2, 0.25) is 5.02 Å². The number of hydrogen-bond donors (Lipinski definition) is 1. The summed E-state index contributed by atoms with van der Waals surface area (Å²) in [6.45, 7) is 5.09. The van der Waals surface area contributed by atoms with Crippen LogP contribution in [0.25, 0.3) is 22.4 Å². The Morgan fingerprint density at radius 1 is 1.40 bits per heavy atom. The van der Waals surface area contributed by atoms with Gasteiger partial charge in [0.15, 0.2) is 0 Å². The number of thiophene rings is 1. The highest BCUT2D eigenvalue weighted by atomic mass is 35.5. The number of imidazole rings is 1. The number of aryl methyl sites for hydroxylation is 2. The number of nitrogen functional groups attached to an aromatic ring is 1. The quantitative estimate of drug-likeness (QED) is 0.761. The van der Waals surface area contributed by atoms with E-state index < -0.39 is 0 Å². The second-order valence-electron chi connectivity index (χ2n) is 4.83. The summed E-state index contributed by atoms with van der Waals surface area (Å²) >= 11 is 7.95. The Balaban J connectivity index is 2.32. The van der Waals surface area contributed by atoms with Crippen LogP contribution in [-0.2, 0) is 6.54 Å². The van der Waals surface area contributed by atoms with Crippen molar-refractivity contribution >= 4 is 39.0 Å². The molecule has 2 heterocycles. The first-order valence-electron chi connectivity index (χ1n) is 6.63. The molecule has 0 radical (unpaired) electrons. The van der Waals surface area contributed by atoms with Gasteiger partial charge in [-0.05, 0) is 31.5 Å². The van der Waals surface area contributed by atoms with E-state index >= 15 is 0 Å². The molecule has 5 heteroatoms. The van der Waals surface area contributed by atoms with Crippen molar-refractivity contribution in [3.63, 3.8) is 0 Å². The van der Waals surface area contributed by atoms with Crippen molar-refractivity contribution < 1.29 is 0 Å². The van der Waals surface area contributed by atoms with Crippen molar-refractivity contribution in [2.75, 3.05) is 5.73 Å². The van der Waals surface area contributed by atoms with Crippen LogP contribution < -0.4 is 5.73 Å². The fourth-order valence-electron chi connectivity index (χ4n) is 2.50. The third-order valence-electron chi connectivity index (χ3n) is 3.29. The molecule has 0 bridgehead atoms. The lowest BCUT2D eigenvalue weighted by atomic mass is 10.2. The molecule has 104 valence electrons. The van der Waals surface area contributed by atoms with Crippen molar-refractivity contribution in [1.82, 2.24) is 9.55 Å². The van der Waals surface area contributed by atoms with Crippen molar-refractivity contribution in [3.8, 4) is 11.4 Å². The number of hydrogen-bond acceptors (Lipinski definition) is 3. The van der Waals surface area contributed by atoms with Crippen LogP contribution in [-0.4, -0.2) is 9.55 Å². The molecule has 2 N–H and O–H groups in total. The molecule has 0 amide bonds. The van der Waals surface area contributed by atoms with E-state index in [1.54, 1.807) is 11.3 Å². The van der Waals surface area contributed by atoms with Crippen molar-refractivity contribution in [2.45, 2.75) is 26.8 Å². The van der Waals surface area contributed by atoms with Crippen LogP contribution in [0.3, 0.4) is 0 Å². The van der Waals surface area contributed by atoms with Gasteiger partial charge in [-0.3, -0.25) is 0 Å². The highest BCUT2D eigenvalue weighted by Crippen LogP contribution is 2.36. The maximum atomic E-state index is 6.35. The third-order valence-corrected chi connectivity index (χ3v) is 4.47. The minimum atomic E-state index is 0.736. The van der Waals surface area contributed by atoms with E-state index in [2.05, 4.69) is 24.5 Å². The molecule has 0 spiro atoms. The summed E-state index contributed by atoms with van der Waals surface area (Å²) in [5.74, 6) is 0.914. The van der Waals surface area contributed by atoms with Gasteiger partial charge in [0.1, 0.15) is 5.82 Å². The van der Waals surface area contributed by atoms with Gasteiger partial charge in [0.25, 0.3) is 0 Å². The van der Waals surface area contributed by atoms with Crippen LogP contribution in [0, 0.1) is 6.92 Å². The minimum Gasteiger partial charge on any atom is -0.390 e. The number of nitrogens with zero attached hydrogens (tertiary/aromatic N) is 2. The Morgan fingerprint density at radius 3 is 2.85 bits per heavy atom. The Labute approximate surface area is 127 Å². The molecule has 0 aliphatic carbocycles. The second-order valence-corrected chi connectivity index (χ2v) is 6.52. The average Bonchev–Trinajstić information content (AvgIpc) is 2.91. The largest absolute Gasteiger partial charge is 0.390 e. The van der Waals surface area contributed by atoms with Crippen molar-refractivity contribution in [2.24, 2.45) is 0 Å². The molecule has 0 saturated heterocycles. The SMILES string of the molecule is CCCn1c(-c2cc(C)sc2N)nc2cccc(Cl)c21. The molecule has 1 aromatic carbocycles. The highest BCUT2D eigenvalue weighted by molar-refractivity contribution is 7.16. The van der Waals surface area contributed by atoms with Gasteiger partial charge >= 0.3 is 0 Å². The molecule has 0 aliphatic heterocycles. The fraction of sp³-hybridized carbons (Fsp3) is 0.267. The molecule has 0 atom stereocenters. The van der Waals surface area contributed by atoms with Crippen molar-refractivity contribution in [1.29, 1.82) is 0 Å². The summed E-state index contributed by atoms with van der Waals surface area (Å²) in [6, 6.07) is 7.93. The Hall–Kier alpha value is -1.52. The molecule has 0 aliphatic rings. The van der Waals surface area contributed by atoms with Crippen LogP contribution in [0.4, 0.5) is 5.00 Å². The van der Waals surface area contributed by atoms with E-state index in [-0.39, 0.29) is 0 Å². The highest BCUT2D eigenvalue weighted by Gasteiger charge is 2.17. The predicted octanol–water partition coefficient (Wildman–Crippen LogP) is 4.72. The van der Waals surface area contributed by atoms with Gasteiger partial charge in [-0.25, -0.2) is 4.98 Å². The smallest absolute Gasteiger partial charge is 0.144 e. The van der Waals surface area contributed by atoms with E-state index in [1.807, 2.05) is 18.2 Å². The van der Waals surface area contributed by atoms with Crippen LogP contribution in [0.5, 0.6) is 0 Å². The zero-order valence-electron chi connectivity index (χ0n) is 11.5. The first-order chi connectivity index (χ1) is 9.61. The lowest BCUT2D eigenvalue weighted by molar-refractivity contribution is 0.704. The number of nitrogens with two attached hydrogens (primary N) is 1. The van der Waals surface area contributed by atoms with E-state index in [1.165, 1.54) is 4.88 Å². The van der Waals surface area contributed by atoms with Crippen molar-refractivity contribution in [3.05, 3.63) is 34.2 Å². The number of halogens is 1. The average molecular weight is 306 g/mol. The summed E-state index contributed by atoms with van der Waals surface area (Å²) in [6.07, 6.45) is 1.02. The lowest BCUT2D eigenvalue weighted by Gasteiger charge is -2.08. The monoisotopic (exact) mass is 305 g/mol. The molecule has 3 aromatic rings. The first-order valence-corrected chi connectivity index (χ1v) is 7.82. The molecule has 0 unspecified atom stereocenters. The molecular formula is C15H16ClN3S. The van der Waals surface area contributed by atoms with E-state index in [0.717, 1.165) is 45.4 Å². The normalized spacial score (nSPS) is 11.3. The molecule has 3 rings (SSSR count). The summed E-state index contributed by atoms with van der Waals surface area (Å²) in [7, 11) is 0. The van der Waals surface area contributed by atoms with Crippen LogP contribution in [0.1, 0.15) is 18.2 Å². The maximum absolute atomic E-state index is 6.35. The van der Waals surface area contributed by atoms with Gasteiger partial charge < -0.3 is 10.3 Å². The summed E-state index contributed by atoms with van der Waals surface area (Å²) in [5.41, 5.74) is 9.05. The number of para-hydroxylation sites is 1. The minimum absolute atomic E-state index is 0.736. The number of anilines is 1. The molecule has 20 heavy (non-hydrogen) atoms. The number of rotatable bonds is 3. The van der Waals surface area contributed by atoms with Gasteiger partial charge in [0.2, 0.25) is 0 Å². The molecule has 2 aromatic heterocycles. The third kappa shape index (κ3) is 2.09. The van der Waals surface area contributed by atoms with E-state index in [4.69, 9.17) is 22.3 Å². The molecular weight excluding hydrogens is 290 g/mol. The van der Waals surface area contributed by atoms with Gasteiger partial charge in [-0.2, -0.15) is 0 Å². The summed E-state index contributed by atoms with van der Waals surface area (Å²) in [4.78, 5) is 5.93. The summed E-state index contributed by atoms with van der Waals surface area (Å²) < 4.78 is 2.18. The van der Waals surface area contributed by atoms with Crippen LogP contribution in [0.15, 0.2) is 24.3 Å². The Kier molecular flexibility index (Phi) is 3.44. The van der Waals surface area contributed by atoms with Gasteiger partial charge in [-0.15, -0.1) is 11.3 Å². The maximum Gasteiger partial charge on any atom is 0.144 e. The first kappa shape index (κ1) is 13.5. The van der Waals surface area contributed by atoms with Gasteiger partial charge in [0, 0.05) is 11.4 Å². The number of fused-ring (bicyclic) bond motifs is 1. The van der Waals surface area contributed by atoms with E-state index in [9.17, 15) is 0 Å². The van der Waals surface area contributed by atoms with Gasteiger partial charge in [0.05, 0.1) is 26.6 Å². The zero-order chi connectivity index (χ0) is 14.3.